The van der Waals surface area contributed by atoms with Crippen LogP contribution in [-0.4, -0.2) is 41.7 Å². The highest BCUT2D eigenvalue weighted by Crippen LogP contribution is 2.24. The maximum absolute atomic E-state index is 11.2. The Morgan fingerprint density at radius 1 is 1.42 bits per heavy atom. The lowest BCUT2D eigenvalue weighted by Crippen LogP contribution is -2.39. The van der Waals surface area contributed by atoms with Gasteiger partial charge in [-0.05, 0) is 37.4 Å². The molecule has 1 fully saturated rings. The number of carboxylic acids is 1. The van der Waals surface area contributed by atoms with E-state index in [9.17, 15) is 9.90 Å². The van der Waals surface area contributed by atoms with E-state index in [1.54, 1.807) is 0 Å². The number of carboxylic acid groups (broad SMARTS) is 1. The highest BCUT2D eigenvalue weighted by molar-refractivity contribution is 5.74. The van der Waals surface area contributed by atoms with E-state index in [0.29, 0.717) is 6.61 Å². The zero-order chi connectivity index (χ0) is 13.7. The molecule has 0 aromatic heterocycles. The van der Waals surface area contributed by atoms with Crippen LogP contribution in [0.3, 0.4) is 0 Å². The standard InChI is InChI=1S/C15H21NO3/c1-12-8-10-16(14(12)15(17)18)9-5-11-19-13-6-3-2-4-7-13/h2-4,6-7,12,14H,5,8-11H2,1H3,(H,17,18). The van der Waals surface area contributed by atoms with Crippen molar-refractivity contribution in [2.45, 2.75) is 25.8 Å². The predicted octanol–water partition coefficient (Wildman–Crippen LogP) is 2.25. The van der Waals surface area contributed by atoms with E-state index < -0.39 is 5.97 Å². The Hall–Kier alpha value is -1.55. The Bertz CT molecular complexity index is 407. The van der Waals surface area contributed by atoms with Crippen LogP contribution in [0.4, 0.5) is 0 Å². The molecule has 2 rings (SSSR count). The van der Waals surface area contributed by atoms with Crippen molar-refractivity contribution < 1.29 is 14.6 Å². The van der Waals surface area contributed by atoms with Gasteiger partial charge in [-0.3, -0.25) is 9.69 Å². The van der Waals surface area contributed by atoms with Gasteiger partial charge in [0.15, 0.2) is 0 Å². The summed E-state index contributed by atoms with van der Waals surface area (Å²) < 4.78 is 5.61. The average Bonchev–Trinajstić information content (AvgIpc) is 2.77. The second kappa shape index (κ2) is 6.57. The lowest BCUT2D eigenvalue weighted by atomic mass is 10.0. The van der Waals surface area contributed by atoms with Crippen molar-refractivity contribution in [1.82, 2.24) is 4.90 Å². The highest BCUT2D eigenvalue weighted by atomic mass is 16.5. The number of nitrogens with zero attached hydrogens (tertiary/aromatic N) is 1. The quantitative estimate of drug-likeness (QED) is 0.800. The van der Waals surface area contributed by atoms with E-state index in [2.05, 4.69) is 4.90 Å². The molecule has 104 valence electrons. The molecule has 0 spiro atoms. The fraction of sp³-hybridized carbons (Fsp3) is 0.533. The fourth-order valence-corrected chi connectivity index (χ4v) is 2.65. The van der Waals surface area contributed by atoms with Crippen LogP contribution in [0.25, 0.3) is 0 Å². The van der Waals surface area contributed by atoms with E-state index in [4.69, 9.17) is 4.74 Å². The van der Waals surface area contributed by atoms with Gasteiger partial charge in [0.25, 0.3) is 0 Å². The highest BCUT2D eigenvalue weighted by Gasteiger charge is 2.35. The third kappa shape index (κ3) is 3.70. The van der Waals surface area contributed by atoms with Gasteiger partial charge >= 0.3 is 5.97 Å². The van der Waals surface area contributed by atoms with Crippen LogP contribution in [0.2, 0.25) is 0 Å². The van der Waals surface area contributed by atoms with Crippen LogP contribution in [0, 0.1) is 5.92 Å². The molecule has 1 saturated heterocycles. The first-order valence-electron chi connectivity index (χ1n) is 6.83. The maximum Gasteiger partial charge on any atom is 0.321 e. The first-order chi connectivity index (χ1) is 9.18. The van der Waals surface area contributed by atoms with Crippen molar-refractivity contribution in [3.8, 4) is 5.75 Å². The molecular formula is C15H21NO3. The largest absolute Gasteiger partial charge is 0.494 e. The van der Waals surface area contributed by atoms with Gasteiger partial charge in [0.2, 0.25) is 0 Å². The molecule has 2 unspecified atom stereocenters. The minimum Gasteiger partial charge on any atom is -0.494 e. The summed E-state index contributed by atoms with van der Waals surface area (Å²) in [5.41, 5.74) is 0. The van der Waals surface area contributed by atoms with Crippen molar-refractivity contribution in [2.24, 2.45) is 5.92 Å². The van der Waals surface area contributed by atoms with Gasteiger partial charge in [0.05, 0.1) is 6.61 Å². The second-order valence-electron chi connectivity index (χ2n) is 5.10. The molecule has 0 bridgehead atoms. The first-order valence-corrected chi connectivity index (χ1v) is 6.83. The number of hydrogen-bond donors (Lipinski definition) is 1. The SMILES string of the molecule is CC1CCN(CCCOc2ccccc2)C1C(=O)O. The Balaban J connectivity index is 1.72. The van der Waals surface area contributed by atoms with Crippen molar-refractivity contribution >= 4 is 5.97 Å². The van der Waals surface area contributed by atoms with E-state index in [0.717, 1.165) is 31.7 Å². The molecule has 1 aromatic carbocycles. The van der Waals surface area contributed by atoms with E-state index in [-0.39, 0.29) is 12.0 Å². The predicted molar refractivity (Wildman–Crippen MR) is 73.3 cm³/mol. The van der Waals surface area contributed by atoms with Crippen LogP contribution in [0.1, 0.15) is 19.8 Å². The van der Waals surface area contributed by atoms with E-state index >= 15 is 0 Å². The van der Waals surface area contributed by atoms with Gasteiger partial charge in [-0.2, -0.15) is 0 Å². The zero-order valence-corrected chi connectivity index (χ0v) is 11.3. The Morgan fingerprint density at radius 3 is 2.84 bits per heavy atom. The smallest absolute Gasteiger partial charge is 0.321 e. The van der Waals surface area contributed by atoms with Gasteiger partial charge in [-0.25, -0.2) is 0 Å². The van der Waals surface area contributed by atoms with Crippen LogP contribution in [-0.2, 0) is 4.79 Å². The summed E-state index contributed by atoms with van der Waals surface area (Å²) in [6.07, 6.45) is 1.82. The normalized spacial score (nSPS) is 23.4. The maximum atomic E-state index is 11.2. The number of para-hydroxylation sites is 1. The number of likely N-dealkylation sites (tertiary alicyclic amines) is 1. The molecule has 2 atom stereocenters. The summed E-state index contributed by atoms with van der Waals surface area (Å²) in [7, 11) is 0. The van der Waals surface area contributed by atoms with Gasteiger partial charge in [0.1, 0.15) is 11.8 Å². The van der Waals surface area contributed by atoms with Gasteiger partial charge < -0.3 is 9.84 Å². The van der Waals surface area contributed by atoms with Gasteiger partial charge in [-0.15, -0.1) is 0 Å². The molecule has 4 nitrogen and oxygen atoms in total. The van der Waals surface area contributed by atoms with Crippen LogP contribution in [0.5, 0.6) is 5.75 Å². The average molecular weight is 263 g/mol. The molecule has 1 aliphatic rings. The Labute approximate surface area is 114 Å². The number of carbonyl (C=O) groups is 1. The van der Waals surface area contributed by atoms with Crippen LogP contribution >= 0.6 is 0 Å². The molecule has 0 radical (unpaired) electrons. The number of ether oxygens (including phenoxy) is 1. The second-order valence-corrected chi connectivity index (χ2v) is 5.10. The number of rotatable bonds is 6. The summed E-state index contributed by atoms with van der Waals surface area (Å²) in [5, 5.41) is 9.22. The van der Waals surface area contributed by atoms with Crippen LogP contribution < -0.4 is 4.74 Å². The van der Waals surface area contributed by atoms with Crippen molar-refractivity contribution in [3.63, 3.8) is 0 Å². The Kier molecular flexibility index (Phi) is 4.80. The summed E-state index contributed by atoms with van der Waals surface area (Å²) in [6, 6.07) is 9.37. The Morgan fingerprint density at radius 2 is 2.16 bits per heavy atom. The molecule has 0 amide bonds. The van der Waals surface area contributed by atoms with E-state index in [1.165, 1.54) is 0 Å². The molecule has 1 heterocycles. The third-order valence-electron chi connectivity index (χ3n) is 3.66. The summed E-state index contributed by atoms with van der Waals surface area (Å²) in [5.74, 6) is 0.411. The van der Waals surface area contributed by atoms with Crippen LogP contribution in [0.15, 0.2) is 30.3 Å². The molecule has 4 heteroatoms. The van der Waals surface area contributed by atoms with Gasteiger partial charge in [0, 0.05) is 6.54 Å². The van der Waals surface area contributed by atoms with E-state index in [1.807, 2.05) is 37.3 Å². The van der Waals surface area contributed by atoms with Crippen molar-refractivity contribution in [2.75, 3.05) is 19.7 Å². The van der Waals surface area contributed by atoms with Crippen molar-refractivity contribution in [3.05, 3.63) is 30.3 Å². The topological polar surface area (TPSA) is 49.8 Å². The zero-order valence-electron chi connectivity index (χ0n) is 11.3. The molecule has 19 heavy (non-hydrogen) atoms. The summed E-state index contributed by atoms with van der Waals surface area (Å²) in [6.45, 7) is 4.30. The molecule has 0 aliphatic carbocycles. The first kappa shape index (κ1) is 13.9. The van der Waals surface area contributed by atoms with Crippen molar-refractivity contribution in [1.29, 1.82) is 0 Å². The molecule has 1 aromatic rings. The monoisotopic (exact) mass is 263 g/mol. The number of hydrogen-bond acceptors (Lipinski definition) is 3. The number of aliphatic carboxylic acids is 1. The number of benzene rings is 1. The van der Waals surface area contributed by atoms with Gasteiger partial charge in [-0.1, -0.05) is 25.1 Å². The molecular weight excluding hydrogens is 242 g/mol. The fourth-order valence-electron chi connectivity index (χ4n) is 2.65. The lowest BCUT2D eigenvalue weighted by molar-refractivity contribution is -0.143. The summed E-state index contributed by atoms with van der Waals surface area (Å²) in [4.78, 5) is 13.3. The third-order valence-corrected chi connectivity index (χ3v) is 3.66. The minimum absolute atomic E-state index is 0.243. The lowest BCUT2D eigenvalue weighted by Gasteiger charge is -2.22. The molecule has 1 aliphatic heterocycles. The molecule has 0 saturated carbocycles. The molecule has 1 N–H and O–H groups in total. The minimum atomic E-state index is -0.700. The summed E-state index contributed by atoms with van der Waals surface area (Å²) >= 11 is 0.